The van der Waals surface area contributed by atoms with Gasteiger partial charge in [0, 0.05) is 5.56 Å². The minimum absolute atomic E-state index is 0.151. The minimum Gasteiger partial charge on any atom is -0.314 e. The average Bonchev–Trinajstić information content (AvgIpc) is 2.60. The fourth-order valence-electron chi connectivity index (χ4n) is 2.35. The van der Waals surface area contributed by atoms with Crippen molar-refractivity contribution < 1.29 is 10.6 Å². The molecule has 3 rings (SSSR count). The first-order chi connectivity index (χ1) is 9.44. The Hall–Kier alpha value is -2.20. The van der Waals surface area contributed by atoms with E-state index in [4.69, 9.17) is 7.10 Å². The van der Waals surface area contributed by atoms with Crippen molar-refractivity contribution in [2.24, 2.45) is 5.73 Å². The SMILES string of the molecule is [2H]c1cccc2c1C(C)(N)C(=O)N2c1ccccc1F. The summed E-state index contributed by atoms with van der Waals surface area (Å²) in [5, 5.41) is 0. The van der Waals surface area contributed by atoms with Crippen LogP contribution >= 0.6 is 0 Å². The monoisotopic (exact) mass is 257 g/mol. The number of nitrogens with zero attached hydrogens (tertiary/aromatic N) is 1. The predicted molar refractivity (Wildman–Crippen MR) is 71.5 cm³/mol. The second-order valence-electron chi connectivity index (χ2n) is 4.72. The number of halogens is 1. The lowest BCUT2D eigenvalue weighted by Crippen LogP contribution is -2.43. The van der Waals surface area contributed by atoms with E-state index in [9.17, 15) is 9.18 Å². The normalized spacial score (nSPS) is 22.4. The molecule has 1 amide bonds. The van der Waals surface area contributed by atoms with Crippen LogP contribution in [0.3, 0.4) is 0 Å². The van der Waals surface area contributed by atoms with Crippen LogP contribution in [0.2, 0.25) is 0 Å². The summed E-state index contributed by atoms with van der Waals surface area (Å²) >= 11 is 0. The van der Waals surface area contributed by atoms with Crippen molar-refractivity contribution in [1.82, 2.24) is 0 Å². The molecule has 4 heteroatoms. The smallest absolute Gasteiger partial charge is 0.256 e. The summed E-state index contributed by atoms with van der Waals surface area (Å²) in [5.74, 6) is -0.933. The number of benzene rings is 2. The fourth-order valence-corrected chi connectivity index (χ4v) is 2.35. The van der Waals surface area contributed by atoms with Gasteiger partial charge >= 0.3 is 0 Å². The van der Waals surface area contributed by atoms with E-state index in [0.717, 1.165) is 0 Å². The Kier molecular flexibility index (Phi) is 2.19. The number of hydrogen-bond acceptors (Lipinski definition) is 2. The predicted octanol–water partition coefficient (Wildman–Crippen LogP) is 2.68. The van der Waals surface area contributed by atoms with Crippen LogP contribution in [-0.2, 0) is 10.3 Å². The minimum atomic E-state index is -1.32. The van der Waals surface area contributed by atoms with Gasteiger partial charge in [-0.1, -0.05) is 30.3 Å². The van der Waals surface area contributed by atoms with Gasteiger partial charge in [-0.15, -0.1) is 0 Å². The Morgan fingerprint density at radius 1 is 1.21 bits per heavy atom. The molecule has 96 valence electrons. The zero-order chi connectivity index (χ0) is 14.5. The van der Waals surface area contributed by atoms with Crippen molar-refractivity contribution in [2.45, 2.75) is 12.5 Å². The van der Waals surface area contributed by atoms with Crippen LogP contribution < -0.4 is 10.6 Å². The average molecular weight is 257 g/mol. The number of amides is 1. The van der Waals surface area contributed by atoms with E-state index in [2.05, 4.69) is 0 Å². The molecule has 1 aliphatic heterocycles. The quantitative estimate of drug-likeness (QED) is 0.853. The van der Waals surface area contributed by atoms with E-state index >= 15 is 0 Å². The number of rotatable bonds is 1. The summed E-state index contributed by atoms with van der Waals surface area (Å²) in [6.45, 7) is 1.55. The highest BCUT2D eigenvalue weighted by Crippen LogP contribution is 2.43. The van der Waals surface area contributed by atoms with Crippen molar-refractivity contribution in [1.29, 1.82) is 0 Å². The van der Waals surface area contributed by atoms with Gasteiger partial charge in [0.1, 0.15) is 11.4 Å². The standard InChI is InChI=1S/C15H13FN2O/c1-15(17)10-6-2-4-8-12(10)18(14(15)19)13-9-5-3-7-11(13)16/h2-9H,17H2,1H3/i6D. The maximum atomic E-state index is 14.0. The molecule has 0 radical (unpaired) electrons. The zero-order valence-electron chi connectivity index (χ0n) is 11.4. The van der Waals surface area contributed by atoms with Crippen LogP contribution in [0, 0.1) is 5.82 Å². The van der Waals surface area contributed by atoms with Crippen LogP contribution in [-0.4, -0.2) is 5.91 Å². The lowest BCUT2D eigenvalue weighted by molar-refractivity contribution is -0.121. The van der Waals surface area contributed by atoms with Gasteiger partial charge in [0.25, 0.3) is 5.91 Å². The number of fused-ring (bicyclic) bond motifs is 1. The van der Waals surface area contributed by atoms with Gasteiger partial charge in [-0.3, -0.25) is 9.69 Å². The van der Waals surface area contributed by atoms with E-state index < -0.39 is 17.3 Å². The summed E-state index contributed by atoms with van der Waals surface area (Å²) in [5.41, 5.74) is 5.80. The third-order valence-electron chi connectivity index (χ3n) is 3.34. The molecule has 3 nitrogen and oxygen atoms in total. The van der Waals surface area contributed by atoms with Crippen molar-refractivity contribution >= 4 is 17.3 Å². The zero-order valence-corrected chi connectivity index (χ0v) is 10.4. The number of carbonyl (C=O) groups is 1. The molecule has 1 heterocycles. The molecule has 0 bridgehead atoms. The number of para-hydroxylation sites is 2. The summed E-state index contributed by atoms with van der Waals surface area (Å²) in [6.07, 6.45) is 0. The van der Waals surface area contributed by atoms with Crippen LogP contribution in [0.25, 0.3) is 0 Å². The molecular weight excluding hydrogens is 243 g/mol. The highest BCUT2D eigenvalue weighted by molar-refractivity contribution is 6.12. The molecule has 2 aromatic rings. The van der Waals surface area contributed by atoms with E-state index in [-0.39, 0.29) is 11.7 Å². The first kappa shape index (κ1) is 10.7. The maximum absolute atomic E-state index is 14.0. The Morgan fingerprint density at radius 2 is 1.84 bits per heavy atom. The molecule has 0 aromatic heterocycles. The van der Waals surface area contributed by atoms with Crippen molar-refractivity contribution in [3.05, 3.63) is 59.9 Å². The van der Waals surface area contributed by atoms with Crippen molar-refractivity contribution in [3.63, 3.8) is 0 Å². The molecule has 1 aliphatic rings. The van der Waals surface area contributed by atoms with E-state index in [1.165, 1.54) is 17.0 Å². The van der Waals surface area contributed by atoms with Gasteiger partial charge in [0.2, 0.25) is 0 Å². The van der Waals surface area contributed by atoms with Gasteiger partial charge in [-0.05, 0) is 25.1 Å². The van der Waals surface area contributed by atoms with E-state index in [1.807, 2.05) is 0 Å². The summed E-state index contributed by atoms with van der Waals surface area (Å²) < 4.78 is 21.9. The van der Waals surface area contributed by atoms with Crippen LogP contribution in [0.5, 0.6) is 0 Å². The highest BCUT2D eigenvalue weighted by atomic mass is 19.1. The number of hydrogen-bond donors (Lipinski definition) is 1. The Bertz CT molecular complexity index is 715. The molecule has 0 saturated heterocycles. The molecule has 2 aromatic carbocycles. The Labute approximate surface area is 111 Å². The van der Waals surface area contributed by atoms with Crippen LogP contribution in [0.4, 0.5) is 15.8 Å². The molecule has 2 N–H and O–H groups in total. The van der Waals surface area contributed by atoms with Gasteiger partial charge in [-0.25, -0.2) is 4.39 Å². The van der Waals surface area contributed by atoms with Crippen LogP contribution in [0.15, 0.2) is 48.5 Å². The summed E-state index contributed by atoms with van der Waals surface area (Å²) in [6, 6.07) is 11.1. The molecule has 1 unspecified atom stereocenters. The van der Waals surface area contributed by atoms with E-state index in [0.29, 0.717) is 11.3 Å². The lowest BCUT2D eigenvalue weighted by atomic mass is 9.95. The number of anilines is 2. The molecule has 0 saturated carbocycles. The topological polar surface area (TPSA) is 46.3 Å². The van der Waals surface area contributed by atoms with Crippen molar-refractivity contribution in [3.8, 4) is 0 Å². The van der Waals surface area contributed by atoms with Gasteiger partial charge in [-0.2, -0.15) is 0 Å². The fraction of sp³-hybridized carbons (Fsp3) is 0.133. The third-order valence-corrected chi connectivity index (χ3v) is 3.34. The number of nitrogens with two attached hydrogens (primary N) is 1. The second kappa shape index (κ2) is 3.90. The maximum Gasteiger partial charge on any atom is 0.256 e. The summed E-state index contributed by atoms with van der Waals surface area (Å²) in [7, 11) is 0. The second-order valence-corrected chi connectivity index (χ2v) is 4.72. The van der Waals surface area contributed by atoms with Gasteiger partial charge < -0.3 is 5.73 Å². The van der Waals surface area contributed by atoms with Crippen molar-refractivity contribution in [2.75, 3.05) is 4.90 Å². The first-order valence-electron chi connectivity index (χ1n) is 6.42. The Balaban J connectivity index is 2.29. The molecular formula is C15H13FN2O. The number of carbonyl (C=O) groups excluding carboxylic acids is 1. The third kappa shape index (κ3) is 1.57. The molecule has 0 aliphatic carbocycles. The molecule has 0 spiro atoms. The summed E-state index contributed by atoms with van der Waals surface area (Å²) in [4.78, 5) is 13.8. The molecule has 1 atom stereocenters. The van der Waals surface area contributed by atoms with Gasteiger partial charge in [0.15, 0.2) is 0 Å². The molecule has 19 heavy (non-hydrogen) atoms. The lowest BCUT2D eigenvalue weighted by Gasteiger charge is -2.20. The highest BCUT2D eigenvalue weighted by Gasteiger charge is 2.45. The largest absolute Gasteiger partial charge is 0.314 e. The van der Waals surface area contributed by atoms with Gasteiger partial charge in [0.05, 0.1) is 12.7 Å². The van der Waals surface area contributed by atoms with Crippen LogP contribution in [0.1, 0.15) is 13.9 Å². The van der Waals surface area contributed by atoms with E-state index in [1.54, 1.807) is 37.3 Å². The first-order valence-corrected chi connectivity index (χ1v) is 5.92. The molecule has 0 fully saturated rings. The Morgan fingerprint density at radius 3 is 2.58 bits per heavy atom.